The molecule has 3 heterocycles. The van der Waals surface area contributed by atoms with Gasteiger partial charge in [-0.05, 0) is 62.4 Å². The van der Waals surface area contributed by atoms with Crippen LogP contribution in [-0.4, -0.2) is 56.4 Å². The molecule has 9 heteroatoms. The zero-order valence-electron chi connectivity index (χ0n) is 20.8. The summed E-state index contributed by atoms with van der Waals surface area (Å²) < 4.78 is -1.09. The lowest BCUT2D eigenvalue weighted by atomic mass is 9.66. The highest BCUT2D eigenvalue weighted by Gasteiger charge is 2.76. The fourth-order valence-corrected chi connectivity index (χ4v) is 8.88. The third kappa shape index (κ3) is 4.64. The minimum Gasteiger partial charge on any atom is -0.396 e. The normalized spacial score (nSPS) is 29.9. The predicted octanol–water partition coefficient (Wildman–Crippen LogP) is 3.85. The van der Waals surface area contributed by atoms with Gasteiger partial charge < -0.3 is 20.6 Å². The zero-order valence-corrected chi connectivity index (χ0v) is 22.4. The number of thioether (sulfide) groups is 1. The Morgan fingerprint density at radius 1 is 1.08 bits per heavy atom. The Kier molecular flexibility index (Phi) is 7.27. The minimum absolute atomic E-state index is 0.0234. The number of hydrogen-bond acceptors (Lipinski definition) is 5. The number of aliphatic hydroxyl groups excluding tert-OH is 1. The predicted molar refractivity (Wildman–Crippen MR) is 145 cm³/mol. The molecule has 0 radical (unpaired) electrons. The SMILES string of the molecule is C[C@@]12CCC3(S1)C(C(=O)Nc1ccc(Cl)cc1)N(CCCCO)C(=O)[C@@H]3[C@@H]2C(=O)NCc1ccccc1. The molecule has 3 aliphatic heterocycles. The third-order valence-corrected chi connectivity index (χ3v) is 10.3. The van der Waals surface area contributed by atoms with E-state index in [0.29, 0.717) is 43.1 Å². The maximum absolute atomic E-state index is 14.0. The molecule has 7 nitrogen and oxygen atoms in total. The Morgan fingerprint density at radius 3 is 2.51 bits per heavy atom. The maximum atomic E-state index is 14.0. The highest BCUT2D eigenvalue weighted by Crippen LogP contribution is 2.71. The van der Waals surface area contributed by atoms with Gasteiger partial charge in [-0.3, -0.25) is 14.4 Å². The highest BCUT2D eigenvalue weighted by atomic mass is 35.5. The van der Waals surface area contributed by atoms with Crippen LogP contribution in [0.1, 0.15) is 38.2 Å². The largest absolute Gasteiger partial charge is 0.396 e. The molecule has 1 spiro atoms. The van der Waals surface area contributed by atoms with Gasteiger partial charge >= 0.3 is 0 Å². The molecule has 3 N–H and O–H groups in total. The number of benzene rings is 2. The summed E-state index contributed by atoms with van der Waals surface area (Å²) in [7, 11) is 0. The van der Waals surface area contributed by atoms with E-state index in [-0.39, 0.29) is 24.3 Å². The molecule has 3 saturated heterocycles. The second-order valence-corrected chi connectivity index (χ2v) is 12.7. The minimum atomic E-state index is -0.696. The van der Waals surface area contributed by atoms with E-state index in [4.69, 9.17) is 11.6 Å². The number of fused-ring (bicyclic) bond motifs is 1. The number of amides is 3. The van der Waals surface area contributed by atoms with Gasteiger partial charge in [0.1, 0.15) is 6.04 Å². The summed E-state index contributed by atoms with van der Waals surface area (Å²) in [6.45, 7) is 2.85. The number of likely N-dealkylation sites (tertiary alicyclic amines) is 1. The molecular weight excluding hydrogens is 510 g/mol. The number of unbranched alkanes of at least 4 members (excludes halogenated alkanes) is 1. The Labute approximate surface area is 226 Å². The van der Waals surface area contributed by atoms with Crippen LogP contribution in [0.5, 0.6) is 0 Å². The van der Waals surface area contributed by atoms with Gasteiger partial charge in [0.2, 0.25) is 17.7 Å². The lowest BCUT2D eigenvalue weighted by Crippen LogP contribution is -2.52. The van der Waals surface area contributed by atoms with E-state index >= 15 is 0 Å². The molecule has 2 aromatic carbocycles. The molecular formula is C28H32ClN3O4S. The number of carbonyl (C=O) groups excluding carboxylic acids is 3. The summed E-state index contributed by atoms with van der Waals surface area (Å²) in [4.78, 5) is 43.1. The van der Waals surface area contributed by atoms with Crippen LogP contribution in [0.4, 0.5) is 5.69 Å². The van der Waals surface area contributed by atoms with Crippen molar-refractivity contribution >= 4 is 46.8 Å². The molecule has 0 saturated carbocycles. The number of nitrogens with zero attached hydrogens (tertiary/aromatic N) is 1. The van der Waals surface area contributed by atoms with Gasteiger partial charge in [-0.2, -0.15) is 0 Å². The van der Waals surface area contributed by atoms with Crippen molar-refractivity contribution in [3.8, 4) is 0 Å². The van der Waals surface area contributed by atoms with Crippen molar-refractivity contribution in [2.75, 3.05) is 18.5 Å². The molecule has 3 aliphatic rings. The second kappa shape index (κ2) is 10.3. The van der Waals surface area contributed by atoms with E-state index in [2.05, 4.69) is 17.6 Å². The first-order chi connectivity index (χ1) is 17.8. The first-order valence-corrected chi connectivity index (χ1v) is 14.0. The van der Waals surface area contributed by atoms with Crippen molar-refractivity contribution in [2.45, 2.75) is 54.7 Å². The van der Waals surface area contributed by atoms with E-state index in [0.717, 1.165) is 12.0 Å². The third-order valence-electron chi connectivity index (χ3n) is 8.04. The van der Waals surface area contributed by atoms with Crippen LogP contribution in [0.15, 0.2) is 54.6 Å². The van der Waals surface area contributed by atoms with Crippen molar-refractivity contribution in [3.63, 3.8) is 0 Å². The molecule has 5 rings (SSSR count). The van der Waals surface area contributed by atoms with E-state index in [1.165, 1.54) is 0 Å². The van der Waals surface area contributed by atoms with Crippen molar-refractivity contribution < 1.29 is 19.5 Å². The van der Waals surface area contributed by atoms with Crippen molar-refractivity contribution in [2.24, 2.45) is 11.8 Å². The van der Waals surface area contributed by atoms with E-state index in [1.807, 2.05) is 30.3 Å². The van der Waals surface area contributed by atoms with E-state index < -0.39 is 27.4 Å². The Bertz CT molecular complexity index is 1180. The number of anilines is 1. The molecule has 3 fully saturated rings. The average Bonchev–Trinajstić information content (AvgIpc) is 3.45. The molecule has 2 aromatic rings. The number of rotatable bonds is 9. The monoisotopic (exact) mass is 541 g/mol. The molecule has 0 aliphatic carbocycles. The van der Waals surface area contributed by atoms with Crippen LogP contribution in [-0.2, 0) is 20.9 Å². The number of halogens is 1. The second-order valence-electron chi connectivity index (χ2n) is 10.4. The van der Waals surface area contributed by atoms with Crippen molar-refractivity contribution in [1.82, 2.24) is 10.2 Å². The Balaban J connectivity index is 1.43. The average molecular weight is 542 g/mol. The Morgan fingerprint density at radius 2 is 1.81 bits per heavy atom. The Hall–Kier alpha value is -2.55. The van der Waals surface area contributed by atoms with Gasteiger partial charge in [0.15, 0.2) is 0 Å². The van der Waals surface area contributed by atoms with Gasteiger partial charge in [0.05, 0.1) is 16.6 Å². The fourth-order valence-electron chi connectivity index (χ4n) is 6.40. The van der Waals surface area contributed by atoms with Gasteiger partial charge in [0.25, 0.3) is 0 Å². The summed E-state index contributed by atoms with van der Waals surface area (Å²) in [5, 5.41) is 15.9. The summed E-state index contributed by atoms with van der Waals surface area (Å²) in [6, 6.07) is 15.9. The quantitative estimate of drug-likeness (QED) is 0.419. The lowest BCUT2D eigenvalue weighted by Gasteiger charge is -2.34. The summed E-state index contributed by atoms with van der Waals surface area (Å²) in [5.41, 5.74) is 1.60. The van der Waals surface area contributed by atoms with Crippen LogP contribution in [0.25, 0.3) is 0 Å². The van der Waals surface area contributed by atoms with Gasteiger partial charge in [-0.25, -0.2) is 0 Å². The fraction of sp³-hybridized carbons (Fsp3) is 0.464. The van der Waals surface area contributed by atoms with Crippen LogP contribution < -0.4 is 10.6 Å². The molecule has 5 atom stereocenters. The van der Waals surface area contributed by atoms with E-state index in [1.54, 1.807) is 40.9 Å². The summed E-state index contributed by atoms with van der Waals surface area (Å²) in [6.07, 6.45) is 2.59. The first kappa shape index (κ1) is 26.1. The van der Waals surface area contributed by atoms with Crippen LogP contribution >= 0.6 is 23.4 Å². The van der Waals surface area contributed by atoms with Gasteiger partial charge in [0, 0.05) is 35.2 Å². The molecule has 3 amide bonds. The molecule has 2 unspecified atom stereocenters. The molecule has 0 aromatic heterocycles. The topological polar surface area (TPSA) is 98.7 Å². The summed E-state index contributed by atoms with van der Waals surface area (Å²) >= 11 is 7.66. The van der Waals surface area contributed by atoms with Gasteiger partial charge in [-0.1, -0.05) is 41.9 Å². The molecule has 2 bridgehead atoms. The van der Waals surface area contributed by atoms with Crippen LogP contribution in [0, 0.1) is 11.8 Å². The van der Waals surface area contributed by atoms with Crippen molar-refractivity contribution in [3.05, 3.63) is 65.2 Å². The molecule has 196 valence electrons. The zero-order chi connectivity index (χ0) is 26.2. The number of nitrogens with one attached hydrogen (secondary N) is 2. The maximum Gasteiger partial charge on any atom is 0.248 e. The first-order valence-electron chi connectivity index (χ1n) is 12.8. The number of carbonyl (C=O) groups is 3. The number of aliphatic hydroxyl groups is 1. The lowest BCUT2D eigenvalue weighted by molar-refractivity contribution is -0.140. The molecule has 37 heavy (non-hydrogen) atoms. The van der Waals surface area contributed by atoms with E-state index in [9.17, 15) is 19.5 Å². The summed E-state index contributed by atoms with van der Waals surface area (Å²) in [5.74, 6) is -1.60. The van der Waals surface area contributed by atoms with Crippen LogP contribution in [0.2, 0.25) is 5.02 Å². The van der Waals surface area contributed by atoms with Crippen molar-refractivity contribution in [1.29, 1.82) is 0 Å². The standard InChI is InChI=1S/C28H32ClN3O4S/c1-27-13-14-28(37-27)22(21(27)24(34)30-17-18-7-3-2-4-8-18)26(36)32(15-5-6-16-33)23(28)25(35)31-20-11-9-19(29)10-12-20/h2-4,7-12,21-23,33H,5-6,13-17H2,1H3,(H,30,34)(H,31,35)/t21-,22+,23?,27+,28?/m1/s1. The van der Waals surface area contributed by atoms with Gasteiger partial charge in [-0.15, -0.1) is 11.8 Å². The van der Waals surface area contributed by atoms with Crippen LogP contribution in [0.3, 0.4) is 0 Å². The number of hydrogen-bond donors (Lipinski definition) is 3. The highest BCUT2D eigenvalue weighted by molar-refractivity contribution is 8.02. The smallest absolute Gasteiger partial charge is 0.248 e.